The van der Waals surface area contributed by atoms with Gasteiger partial charge in [0.05, 0.1) is 24.0 Å². The standard InChI is InChI=1S/C25H21ClN2O4/c1-2-31-20-14-8-16(9-15-20)22-21-23(32-28(22)19-6-4-3-5-7-19)25(30)27(24(21)29)18-12-10-17(26)11-13-18/h3-15,21-23H,2H2,1H3/t21-,22-,23+/m1/s1. The summed E-state index contributed by atoms with van der Waals surface area (Å²) >= 11 is 5.98. The van der Waals surface area contributed by atoms with Crippen molar-refractivity contribution in [2.45, 2.75) is 19.1 Å². The van der Waals surface area contributed by atoms with Gasteiger partial charge in [-0.3, -0.25) is 14.4 Å². The van der Waals surface area contributed by atoms with Crippen LogP contribution in [0.3, 0.4) is 0 Å². The van der Waals surface area contributed by atoms with E-state index in [2.05, 4.69) is 0 Å². The minimum atomic E-state index is -0.907. The van der Waals surface area contributed by atoms with E-state index in [0.717, 1.165) is 17.0 Å². The van der Waals surface area contributed by atoms with Gasteiger partial charge in [0.15, 0.2) is 6.10 Å². The van der Waals surface area contributed by atoms with E-state index in [1.807, 2.05) is 61.5 Å². The van der Waals surface area contributed by atoms with Crippen LogP contribution in [-0.4, -0.2) is 24.5 Å². The largest absolute Gasteiger partial charge is 0.494 e. The molecule has 2 fully saturated rings. The number of imide groups is 1. The summed E-state index contributed by atoms with van der Waals surface area (Å²) < 4.78 is 5.56. The monoisotopic (exact) mass is 448 g/mol. The highest BCUT2D eigenvalue weighted by molar-refractivity contribution is 6.31. The van der Waals surface area contributed by atoms with E-state index in [1.165, 1.54) is 4.90 Å². The average molecular weight is 449 g/mol. The summed E-state index contributed by atoms with van der Waals surface area (Å²) in [5, 5.41) is 2.21. The summed E-state index contributed by atoms with van der Waals surface area (Å²) in [6, 6.07) is 23.2. The number of benzene rings is 3. The predicted octanol–water partition coefficient (Wildman–Crippen LogP) is 4.79. The SMILES string of the molecule is CCOc1ccc([C@@H]2[C@H]3C(=O)N(c4ccc(Cl)cc4)C(=O)[C@H]3ON2c2ccccc2)cc1. The number of hydrogen-bond acceptors (Lipinski definition) is 5. The highest BCUT2D eigenvalue weighted by atomic mass is 35.5. The zero-order chi connectivity index (χ0) is 22.2. The fraction of sp³-hybridized carbons (Fsp3) is 0.200. The number of hydrogen-bond donors (Lipinski definition) is 0. The van der Waals surface area contributed by atoms with E-state index in [1.54, 1.807) is 29.3 Å². The first-order valence-corrected chi connectivity index (χ1v) is 10.8. The number of rotatable bonds is 5. The van der Waals surface area contributed by atoms with E-state index in [4.69, 9.17) is 21.2 Å². The normalized spacial score (nSPS) is 22.4. The molecule has 7 heteroatoms. The molecule has 0 saturated carbocycles. The number of fused-ring (bicyclic) bond motifs is 1. The molecule has 0 bridgehead atoms. The summed E-state index contributed by atoms with van der Waals surface area (Å²) in [5.41, 5.74) is 2.13. The third-order valence-electron chi connectivity index (χ3n) is 5.74. The molecule has 0 spiro atoms. The van der Waals surface area contributed by atoms with Crippen molar-refractivity contribution in [2.75, 3.05) is 16.6 Å². The molecule has 0 aliphatic carbocycles. The quantitative estimate of drug-likeness (QED) is 0.525. The van der Waals surface area contributed by atoms with Gasteiger partial charge < -0.3 is 4.74 Å². The van der Waals surface area contributed by atoms with Gasteiger partial charge in [-0.2, -0.15) is 0 Å². The van der Waals surface area contributed by atoms with Crippen molar-refractivity contribution in [1.29, 1.82) is 0 Å². The zero-order valence-corrected chi connectivity index (χ0v) is 18.1. The number of nitrogens with zero attached hydrogens (tertiary/aromatic N) is 2. The van der Waals surface area contributed by atoms with Crippen LogP contribution in [0.4, 0.5) is 11.4 Å². The number of anilines is 2. The van der Waals surface area contributed by atoms with Gasteiger partial charge in [-0.1, -0.05) is 41.9 Å². The number of hydroxylamine groups is 1. The van der Waals surface area contributed by atoms with Crippen LogP contribution in [0.15, 0.2) is 78.9 Å². The van der Waals surface area contributed by atoms with Crippen molar-refractivity contribution in [3.8, 4) is 5.75 Å². The van der Waals surface area contributed by atoms with E-state index in [-0.39, 0.29) is 11.8 Å². The van der Waals surface area contributed by atoms with Crippen molar-refractivity contribution in [3.05, 3.63) is 89.4 Å². The lowest BCUT2D eigenvalue weighted by molar-refractivity contribution is -0.126. The predicted molar refractivity (Wildman–Crippen MR) is 122 cm³/mol. The van der Waals surface area contributed by atoms with Gasteiger partial charge in [0.1, 0.15) is 11.7 Å². The molecule has 0 radical (unpaired) electrons. The molecule has 2 aliphatic heterocycles. The maximum Gasteiger partial charge on any atom is 0.266 e. The minimum absolute atomic E-state index is 0.292. The highest BCUT2D eigenvalue weighted by Crippen LogP contribution is 2.47. The molecule has 5 rings (SSSR count). The zero-order valence-electron chi connectivity index (χ0n) is 17.4. The first-order valence-electron chi connectivity index (χ1n) is 10.5. The van der Waals surface area contributed by atoms with Crippen LogP contribution in [0.1, 0.15) is 18.5 Å². The van der Waals surface area contributed by atoms with Crippen LogP contribution in [0, 0.1) is 5.92 Å². The minimum Gasteiger partial charge on any atom is -0.494 e. The van der Waals surface area contributed by atoms with E-state index in [0.29, 0.717) is 17.3 Å². The fourth-order valence-corrected chi connectivity index (χ4v) is 4.45. The van der Waals surface area contributed by atoms with E-state index >= 15 is 0 Å². The van der Waals surface area contributed by atoms with Gasteiger partial charge in [-0.25, -0.2) is 9.96 Å². The van der Waals surface area contributed by atoms with Crippen LogP contribution >= 0.6 is 11.6 Å². The summed E-state index contributed by atoms with van der Waals surface area (Å²) in [5.74, 6) is -0.609. The van der Waals surface area contributed by atoms with Crippen LogP contribution in [0.25, 0.3) is 0 Å². The summed E-state index contributed by atoms with van der Waals surface area (Å²) in [6.07, 6.45) is -0.907. The Hall–Kier alpha value is -3.35. The molecule has 2 heterocycles. The fourth-order valence-electron chi connectivity index (χ4n) is 4.32. The maximum absolute atomic E-state index is 13.6. The number of ether oxygens (including phenoxy) is 1. The summed E-state index contributed by atoms with van der Waals surface area (Å²) in [6.45, 7) is 2.49. The summed E-state index contributed by atoms with van der Waals surface area (Å²) in [7, 11) is 0. The highest BCUT2D eigenvalue weighted by Gasteiger charge is 2.60. The molecule has 162 valence electrons. The van der Waals surface area contributed by atoms with Crippen molar-refractivity contribution in [3.63, 3.8) is 0 Å². The van der Waals surface area contributed by atoms with Crippen molar-refractivity contribution >= 4 is 34.8 Å². The van der Waals surface area contributed by atoms with Crippen molar-refractivity contribution in [2.24, 2.45) is 5.92 Å². The number of halogens is 1. The Morgan fingerprint density at radius 2 is 1.56 bits per heavy atom. The van der Waals surface area contributed by atoms with Gasteiger partial charge >= 0.3 is 0 Å². The average Bonchev–Trinajstić information content (AvgIpc) is 3.32. The molecule has 2 aliphatic rings. The first kappa shape index (κ1) is 20.5. The molecule has 2 amide bonds. The second kappa shape index (κ2) is 8.30. The molecule has 0 N–H and O–H groups in total. The number of carbonyl (C=O) groups is 2. The molecule has 0 unspecified atom stereocenters. The lowest BCUT2D eigenvalue weighted by Crippen LogP contribution is -2.37. The van der Waals surface area contributed by atoms with Crippen LogP contribution < -0.4 is 14.7 Å². The Bertz CT molecular complexity index is 1130. The second-order valence-electron chi connectivity index (χ2n) is 7.65. The lowest BCUT2D eigenvalue weighted by Gasteiger charge is -2.28. The van der Waals surface area contributed by atoms with E-state index in [9.17, 15) is 9.59 Å². The number of para-hydroxylation sites is 1. The molecule has 6 nitrogen and oxygen atoms in total. The number of carbonyl (C=O) groups excluding carboxylic acids is 2. The molecule has 0 aromatic heterocycles. The smallest absolute Gasteiger partial charge is 0.266 e. The molecule has 32 heavy (non-hydrogen) atoms. The number of amides is 2. The van der Waals surface area contributed by atoms with Crippen molar-refractivity contribution in [1.82, 2.24) is 0 Å². The lowest BCUT2D eigenvalue weighted by atomic mass is 9.90. The van der Waals surface area contributed by atoms with Gasteiger partial charge in [-0.05, 0) is 61.0 Å². The van der Waals surface area contributed by atoms with Crippen molar-refractivity contribution < 1.29 is 19.2 Å². The second-order valence-corrected chi connectivity index (χ2v) is 8.08. The maximum atomic E-state index is 13.6. The van der Waals surface area contributed by atoms with E-state index < -0.39 is 18.1 Å². The molecule has 3 aromatic rings. The summed E-state index contributed by atoms with van der Waals surface area (Å²) in [4.78, 5) is 34.2. The third-order valence-corrected chi connectivity index (χ3v) is 6.00. The molecular weight excluding hydrogens is 428 g/mol. The molecule has 2 saturated heterocycles. The van der Waals surface area contributed by atoms with Gasteiger partial charge in [0.2, 0.25) is 5.91 Å². The van der Waals surface area contributed by atoms with Crippen LogP contribution in [0.5, 0.6) is 5.75 Å². The Morgan fingerprint density at radius 3 is 2.22 bits per heavy atom. The topological polar surface area (TPSA) is 59.1 Å². The molecule has 3 aromatic carbocycles. The third kappa shape index (κ3) is 3.42. The Morgan fingerprint density at radius 1 is 0.875 bits per heavy atom. The Labute approximate surface area is 190 Å². The Balaban J connectivity index is 1.55. The molecular formula is C25H21ClN2O4. The van der Waals surface area contributed by atoms with Crippen LogP contribution in [-0.2, 0) is 14.4 Å². The van der Waals surface area contributed by atoms with Crippen LogP contribution in [0.2, 0.25) is 5.02 Å². The van der Waals surface area contributed by atoms with Gasteiger partial charge in [0, 0.05) is 5.02 Å². The van der Waals surface area contributed by atoms with Gasteiger partial charge in [0.25, 0.3) is 5.91 Å². The Kier molecular flexibility index (Phi) is 5.33. The van der Waals surface area contributed by atoms with Gasteiger partial charge in [-0.15, -0.1) is 0 Å². The molecule has 3 atom stereocenters. The first-order chi connectivity index (χ1) is 15.6.